The van der Waals surface area contributed by atoms with E-state index in [-0.39, 0.29) is 0 Å². The Morgan fingerprint density at radius 1 is 1.04 bits per heavy atom. The fourth-order valence-electron chi connectivity index (χ4n) is 2.31. The zero-order valence-electron chi connectivity index (χ0n) is 12.6. The molecule has 2 aromatic carbocycles. The lowest BCUT2D eigenvalue weighted by molar-refractivity contribution is 0.249. The second-order valence-corrected chi connectivity index (χ2v) is 5.03. The minimum atomic E-state index is -0.547. The summed E-state index contributed by atoms with van der Waals surface area (Å²) in [5, 5.41) is 0. The van der Waals surface area contributed by atoms with Crippen molar-refractivity contribution in [1.29, 1.82) is 0 Å². The van der Waals surface area contributed by atoms with Crippen molar-refractivity contribution in [3.8, 4) is 17.0 Å². The summed E-state index contributed by atoms with van der Waals surface area (Å²) in [4.78, 5) is 16.1. The molecule has 0 radical (unpaired) electrons. The number of nitrogens with two attached hydrogens (primary N) is 1. The number of benzene rings is 2. The van der Waals surface area contributed by atoms with Crippen LogP contribution in [0.1, 0.15) is 5.82 Å². The summed E-state index contributed by atoms with van der Waals surface area (Å²) in [5.74, 6) is 1.38. The lowest BCUT2D eigenvalue weighted by Crippen LogP contribution is -2.22. The van der Waals surface area contributed by atoms with Gasteiger partial charge in [0.05, 0.1) is 12.3 Å². The van der Waals surface area contributed by atoms with Gasteiger partial charge in [0, 0.05) is 18.2 Å². The second-order valence-electron chi connectivity index (χ2n) is 5.03. The third-order valence-electron chi connectivity index (χ3n) is 3.42. The molecule has 5 heteroatoms. The quantitative estimate of drug-likeness (QED) is 0.787. The number of aromatic nitrogens is 2. The van der Waals surface area contributed by atoms with Crippen LogP contribution in [0.4, 0.5) is 4.79 Å². The van der Waals surface area contributed by atoms with Crippen LogP contribution in [0.2, 0.25) is 0 Å². The maximum absolute atomic E-state index is 11.6. The van der Waals surface area contributed by atoms with Crippen molar-refractivity contribution in [1.82, 2.24) is 9.55 Å². The minimum Gasteiger partial charge on any atom is -0.493 e. The molecule has 0 aliphatic heterocycles. The molecule has 3 aromatic rings. The average molecular weight is 307 g/mol. The van der Waals surface area contributed by atoms with Crippen LogP contribution in [0.25, 0.3) is 11.3 Å². The largest absolute Gasteiger partial charge is 0.493 e. The molecule has 0 unspecified atom stereocenters. The number of carbonyl (C=O) groups excluding carboxylic acids is 1. The van der Waals surface area contributed by atoms with Crippen LogP contribution in [-0.4, -0.2) is 22.2 Å². The zero-order valence-corrected chi connectivity index (χ0v) is 12.6. The fourth-order valence-corrected chi connectivity index (χ4v) is 2.31. The highest BCUT2D eigenvalue weighted by Gasteiger charge is 2.13. The Hall–Kier alpha value is -3.08. The van der Waals surface area contributed by atoms with Gasteiger partial charge in [-0.3, -0.25) is 4.57 Å². The van der Waals surface area contributed by atoms with Gasteiger partial charge in [0.25, 0.3) is 0 Å². The Kier molecular flexibility index (Phi) is 4.38. The molecule has 0 saturated heterocycles. The molecule has 3 rings (SSSR count). The molecule has 116 valence electrons. The summed E-state index contributed by atoms with van der Waals surface area (Å²) in [6, 6.07) is 18.6. The number of hydrogen-bond donors (Lipinski definition) is 1. The van der Waals surface area contributed by atoms with E-state index >= 15 is 0 Å². The Morgan fingerprint density at radius 2 is 1.70 bits per heavy atom. The first-order valence-electron chi connectivity index (χ1n) is 7.35. The SMILES string of the molecule is NC(=O)n1cc(-c2ccccc2)nc1CCOc1ccccc1. The first-order valence-corrected chi connectivity index (χ1v) is 7.35. The van der Waals surface area contributed by atoms with Crippen LogP contribution < -0.4 is 10.5 Å². The molecule has 0 fully saturated rings. The van der Waals surface area contributed by atoms with Crippen molar-refractivity contribution < 1.29 is 9.53 Å². The second kappa shape index (κ2) is 6.79. The normalized spacial score (nSPS) is 10.4. The number of carbonyl (C=O) groups is 1. The maximum Gasteiger partial charge on any atom is 0.324 e. The van der Waals surface area contributed by atoms with Gasteiger partial charge in [-0.25, -0.2) is 9.78 Å². The Labute approximate surface area is 134 Å². The highest BCUT2D eigenvalue weighted by Crippen LogP contribution is 2.18. The lowest BCUT2D eigenvalue weighted by atomic mass is 10.2. The van der Waals surface area contributed by atoms with E-state index in [2.05, 4.69) is 4.98 Å². The number of para-hydroxylation sites is 1. The van der Waals surface area contributed by atoms with Crippen molar-refractivity contribution in [2.75, 3.05) is 6.61 Å². The summed E-state index contributed by atoms with van der Waals surface area (Å²) in [6.07, 6.45) is 2.15. The molecule has 0 aliphatic rings. The van der Waals surface area contributed by atoms with Gasteiger partial charge in [-0.05, 0) is 12.1 Å². The fraction of sp³-hybridized carbons (Fsp3) is 0.111. The molecular weight excluding hydrogens is 290 g/mol. The lowest BCUT2D eigenvalue weighted by Gasteiger charge is -2.06. The van der Waals surface area contributed by atoms with Gasteiger partial charge >= 0.3 is 6.03 Å². The molecule has 23 heavy (non-hydrogen) atoms. The number of amides is 1. The van der Waals surface area contributed by atoms with Gasteiger partial charge in [-0.1, -0.05) is 48.5 Å². The van der Waals surface area contributed by atoms with Gasteiger partial charge in [0.15, 0.2) is 0 Å². The first kappa shape index (κ1) is 14.8. The van der Waals surface area contributed by atoms with Gasteiger partial charge in [-0.15, -0.1) is 0 Å². The molecule has 5 nitrogen and oxygen atoms in total. The van der Waals surface area contributed by atoms with Crippen LogP contribution in [0.5, 0.6) is 5.75 Å². The molecule has 0 spiro atoms. The third kappa shape index (κ3) is 3.58. The molecule has 0 atom stereocenters. The first-order chi connectivity index (χ1) is 11.2. The van der Waals surface area contributed by atoms with Crippen molar-refractivity contribution in [3.05, 3.63) is 72.7 Å². The van der Waals surface area contributed by atoms with Crippen LogP contribution in [0.15, 0.2) is 66.9 Å². The Bertz CT molecular complexity index is 783. The smallest absolute Gasteiger partial charge is 0.324 e. The summed E-state index contributed by atoms with van der Waals surface area (Å²) in [5.41, 5.74) is 7.10. The summed E-state index contributed by atoms with van der Waals surface area (Å²) >= 11 is 0. The van der Waals surface area contributed by atoms with E-state index < -0.39 is 6.03 Å². The molecule has 0 saturated carbocycles. The predicted molar refractivity (Wildman–Crippen MR) is 88.3 cm³/mol. The number of rotatable bonds is 5. The number of primary amides is 1. The summed E-state index contributed by atoms with van der Waals surface area (Å²) < 4.78 is 7.03. The number of imidazole rings is 1. The minimum absolute atomic E-state index is 0.419. The molecule has 2 N–H and O–H groups in total. The number of nitrogens with zero attached hydrogens (tertiary/aromatic N) is 2. The third-order valence-corrected chi connectivity index (χ3v) is 3.42. The van der Waals surface area contributed by atoms with Crippen molar-refractivity contribution in [2.24, 2.45) is 5.73 Å². The average Bonchev–Trinajstić information content (AvgIpc) is 3.01. The van der Waals surface area contributed by atoms with E-state index in [1.165, 1.54) is 4.57 Å². The zero-order chi connectivity index (χ0) is 16.1. The van der Waals surface area contributed by atoms with E-state index in [1.807, 2.05) is 60.7 Å². The number of ether oxygens (including phenoxy) is 1. The summed E-state index contributed by atoms with van der Waals surface area (Å²) in [6.45, 7) is 0.419. The van der Waals surface area contributed by atoms with E-state index in [1.54, 1.807) is 6.20 Å². The molecule has 1 heterocycles. The molecule has 1 amide bonds. The maximum atomic E-state index is 11.6. The molecule has 0 bridgehead atoms. The Balaban J connectivity index is 1.75. The van der Waals surface area contributed by atoms with Crippen LogP contribution in [0, 0.1) is 0 Å². The van der Waals surface area contributed by atoms with Gasteiger partial charge in [0.2, 0.25) is 0 Å². The molecule has 0 aliphatic carbocycles. The van der Waals surface area contributed by atoms with Crippen LogP contribution in [-0.2, 0) is 6.42 Å². The number of hydrogen-bond acceptors (Lipinski definition) is 3. The van der Waals surface area contributed by atoms with E-state index in [0.29, 0.717) is 18.9 Å². The molecule has 1 aromatic heterocycles. The van der Waals surface area contributed by atoms with Crippen molar-refractivity contribution in [2.45, 2.75) is 6.42 Å². The van der Waals surface area contributed by atoms with Crippen LogP contribution in [0.3, 0.4) is 0 Å². The van der Waals surface area contributed by atoms with E-state index in [0.717, 1.165) is 17.0 Å². The van der Waals surface area contributed by atoms with Crippen molar-refractivity contribution in [3.63, 3.8) is 0 Å². The highest BCUT2D eigenvalue weighted by molar-refractivity contribution is 5.77. The van der Waals surface area contributed by atoms with Gasteiger partial charge < -0.3 is 10.5 Å². The van der Waals surface area contributed by atoms with Crippen molar-refractivity contribution >= 4 is 6.03 Å². The standard InChI is InChI=1S/C18H17N3O2/c19-18(22)21-13-16(14-7-3-1-4-8-14)20-17(21)11-12-23-15-9-5-2-6-10-15/h1-10,13H,11-12H2,(H2,19,22). The van der Waals surface area contributed by atoms with Gasteiger partial charge in [-0.2, -0.15) is 0 Å². The highest BCUT2D eigenvalue weighted by atomic mass is 16.5. The van der Waals surface area contributed by atoms with Gasteiger partial charge in [0.1, 0.15) is 11.6 Å². The predicted octanol–water partition coefficient (Wildman–Crippen LogP) is 3.10. The topological polar surface area (TPSA) is 70.1 Å². The summed E-state index contributed by atoms with van der Waals surface area (Å²) in [7, 11) is 0. The van der Waals surface area contributed by atoms with E-state index in [9.17, 15) is 4.79 Å². The van der Waals surface area contributed by atoms with E-state index in [4.69, 9.17) is 10.5 Å². The monoisotopic (exact) mass is 307 g/mol. The molecular formula is C18H17N3O2. The Morgan fingerprint density at radius 3 is 2.35 bits per heavy atom. The van der Waals surface area contributed by atoms with Crippen LogP contribution >= 0.6 is 0 Å².